The van der Waals surface area contributed by atoms with Gasteiger partial charge in [-0.2, -0.15) is 0 Å². The second-order valence-corrected chi connectivity index (χ2v) is 7.11. The monoisotopic (exact) mass is 358 g/mol. The van der Waals surface area contributed by atoms with Gasteiger partial charge >= 0.3 is 6.09 Å². The zero-order valence-corrected chi connectivity index (χ0v) is 17.3. The minimum Gasteiger partial charge on any atom is -0.444 e. The molecule has 24 heavy (non-hydrogen) atoms. The molecule has 0 aliphatic carbocycles. The predicted octanol–water partition coefficient (Wildman–Crippen LogP) is 3.27. The van der Waals surface area contributed by atoms with E-state index in [0.29, 0.717) is 5.11 Å². The smallest absolute Gasteiger partial charge is 0.407 e. The Hall–Kier alpha value is -1.37. The number of nitrogens with zero attached hydrogens (tertiary/aromatic N) is 3. The van der Waals surface area contributed by atoms with E-state index in [-0.39, 0.29) is 12.1 Å². The van der Waals surface area contributed by atoms with Gasteiger partial charge in [0.25, 0.3) is 0 Å². The lowest BCUT2D eigenvalue weighted by atomic mass is 10.1. The van der Waals surface area contributed by atoms with Crippen molar-refractivity contribution in [1.29, 1.82) is 0 Å². The number of piperidine rings is 1. The maximum Gasteiger partial charge on any atom is 0.407 e. The largest absolute Gasteiger partial charge is 0.444 e. The molecule has 1 heterocycles. The summed E-state index contributed by atoms with van der Waals surface area (Å²) in [6.45, 7) is 13.1. The molecule has 0 atom stereocenters. The number of amidine groups is 1. The van der Waals surface area contributed by atoms with Gasteiger partial charge < -0.3 is 19.9 Å². The Morgan fingerprint density at radius 3 is 2.17 bits per heavy atom. The first-order chi connectivity index (χ1) is 11.1. The van der Waals surface area contributed by atoms with Crippen molar-refractivity contribution in [3.05, 3.63) is 0 Å². The van der Waals surface area contributed by atoms with Crippen molar-refractivity contribution in [1.82, 2.24) is 15.1 Å². The van der Waals surface area contributed by atoms with E-state index in [4.69, 9.17) is 17.0 Å². The van der Waals surface area contributed by atoms with Crippen molar-refractivity contribution in [2.45, 2.75) is 66.0 Å². The molecule has 0 spiro atoms. The van der Waals surface area contributed by atoms with Gasteiger partial charge in [-0.1, -0.05) is 13.8 Å². The highest BCUT2D eigenvalue weighted by atomic mass is 32.1. The Labute approximate surface area is 152 Å². The summed E-state index contributed by atoms with van der Waals surface area (Å²) in [4.78, 5) is 20.2. The van der Waals surface area contributed by atoms with E-state index in [1.54, 1.807) is 0 Å². The van der Waals surface area contributed by atoms with Crippen LogP contribution in [0.25, 0.3) is 0 Å². The molecule has 1 saturated heterocycles. The topological polar surface area (TPSA) is 57.2 Å². The van der Waals surface area contributed by atoms with Gasteiger partial charge in [0.05, 0.1) is 0 Å². The molecule has 1 aliphatic heterocycles. The molecule has 0 radical (unpaired) electrons. The number of rotatable bonds is 1. The Balaban J connectivity index is 0.00000254. The summed E-state index contributed by atoms with van der Waals surface area (Å²) < 4.78 is 5.28. The molecule has 0 unspecified atom stereocenters. The summed E-state index contributed by atoms with van der Waals surface area (Å²) in [5, 5.41) is 3.53. The van der Waals surface area contributed by atoms with E-state index in [2.05, 4.69) is 15.2 Å². The first kappa shape index (κ1) is 22.6. The van der Waals surface area contributed by atoms with Crippen LogP contribution in [-0.4, -0.2) is 65.7 Å². The molecule has 1 N–H and O–H groups in total. The predicted molar refractivity (Wildman–Crippen MR) is 105 cm³/mol. The van der Waals surface area contributed by atoms with Gasteiger partial charge in [0, 0.05) is 33.2 Å². The quantitative estimate of drug-likeness (QED) is 0.443. The fourth-order valence-corrected chi connectivity index (χ4v) is 2.31. The van der Waals surface area contributed by atoms with Gasteiger partial charge in [-0.3, -0.25) is 0 Å². The lowest BCUT2D eigenvalue weighted by Crippen LogP contribution is -2.47. The van der Waals surface area contributed by atoms with Crippen LogP contribution in [-0.2, 0) is 4.74 Å². The summed E-state index contributed by atoms with van der Waals surface area (Å²) in [7, 11) is 3.89. The summed E-state index contributed by atoms with van der Waals surface area (Å²) in [5.74, 6) is 0.888. The SMILES string of the molecule is CC.CC(=NC(=S)N1CCC(NC(=O)OC(C)(C)C)CC1)N(C)C. The minimum atomic E-state index is -0.467. The van der Waals surface area contributed by atoms with Crippen molar-refractivity contribution in [3.8, 4) is 0 Å². The van der Waals surface area contributed by atoms with Crippen LogP contribution in [0.5, 0.6) is 0 Å². The van der Waals surface area contributed by atoms with Gasteiger partial charge in [0.1, 0.15) is 11.4 Å². The van der Waals surface area contributed by atoms with E-state index in [1.165, 1.54) is 0 Å². The third-order valence-corrected chi connectivity index (χ3v) is 3.74. The van der Waals surface area contributed by atoms with E-state index < -0.39 is 5.60 Å². The average molecular weight is 359 g/mol. The molecule has 7 heteroatoms. The lowest BCUT2D eigenvalue weighted by molar-refractivity contribution is 0.0488. The van der Waals surface area contributed by atoms with E-state index in [0.717, 1.165) is 31.8 Å². The number of nitrogens with one attached hydrogen (secondary N) is 1. The minimum absolute atomic E-state index is 0.132. The molecule has 1 rings (SSSR count). The van der Waals surface area contributed by atoms with Crippen LogP contribution in [0, 0.1) is 0 Å². The molecular formula is C17H34N4O2S. The number of amides is 1. The standard InChI is InChI=1S/C15H28N4O2S.C2H6/c1-11(18(5)6)16-13(22)19-9-7-12(8-10-19)17-14(20)21-15(2,3)4;1-2/h12H,7-10H2,1-6H3,(H,17,20);1-2H3. The molecule has 6 nitrogen and oxygen atoms in total. The molecule has 0 bridgehead atoms. The highest BCUT2D eigenvalue weighted by molar-refractivity contribution is 7.80. The number of carbonyl (C=O) groups is 1. The highest BCUT2D eigenvalue weighted by Crippen LogP contribution is 2.13. The number of likely N-dealkylation sites (tertiary alicyclic amines) is 1. The first-order valence-electron chi connectivity index (χ1n) is 8.59. The van der Waals surface area contributed by atoms with Crippen LogP contribution < -0.4 is 5.32 Å². The fourth-order valence-electron chi connectivity index (χ4n) is 2.00. The van der Waals surface area contributed by atoms with Crippen molar-refractivity contribution in [3.63, 3.8) is 0 Å². The third-order valence-electron chi connectivity index (χ3n) is 3.39. The summed E-state index contributed by atoms with van der Waals surface area (Å²) in [6.07, 6.45) is 1.33. The summed E-state index contributed by atoms with van der Waals surface area (Å²) in [6, 6.07) is 0.132. The zero-order valence-electron chi connectivity index (χ0n) is 16.5. The van der Waals surface area contributed by atoms with Crippen LogP contribution in [0.3, 0.4) is 0 Å². The molecule has 0 saturated carbocycles. The van der Waals surface area contributed by atoms with E-state index in [9.17, 15) is 4.79 Å². The lowest BCUT2D eigenvalue weighted by Gasteiger charge is -2.33. The number of hydrogen-bond donors (Lipinski definition) is 1. The Bertz CT molecular complexity index is 436. The maximum atomic E-state index is 11.8. The fraction of sp³-hybridized carbons (Fsp3) is 0.824. The zero-order chi connectivity index (χ0) is 18.9. The molecular weight excluding hydrogens is 324 g/mol. The molecule has 140 valence electrons. The van der Waals surface area contributed by atoms with Gasteiger partial charge in [-0.05, 0) is 52.8 Å². The molecule has 1 fully saturated rings. The van der Waals surface area contributed by atoms with Crippen LogP contribution in [0.15, 0.2) is 4.99 Å². The number of thiocarbonyl (C=S) groups is 1. The van der Waals surface area contributed by atoms with Crippen LogP contribution in [0.4, 0.5) is 4.79 Å². The average Bonchev–Trinajstić information content (AvgIpc) is 2.47. The second kappa shape index (κ2) is 10.5. The summed E-state index contributed by atoms with van der Waals surface area (Å²) >= 11 is 5.37. The van der Waals surface area contributed by atoms with E-state index in [1.807, 2.05) is 60.5 Å². The highest BCUT2D eigenvalue weighted by Gasteiger charge is 2.24. The van der Waals surface area contributed by atoms with Crippen LogP contribution in [0.1, 0.15) is 54.4 Å². The molecule has 0 aromatic rings. The molecule has 0 aromatic heterocycles. The van der Waals surface area contributed by atoms with Crippen molar-refractivity contribution >= 4 is 29.3 Å². The maximum absolute atomic E-state index is 11.8. The molecule has 0 aromatic carbocycles. The van der Waals surface area contributed by atoms with Crippen molar-refractivity contribution in [2.75, 3.05) is 27.2 Å². The van der Waals surface area contributed by atoms with Crippen molar-refractivity contribution in [2.24, 2.45) is 4.99 Å². The van der Waals surface area contributed by atoms with Gasteiger partial charge in [-0.25, -0.2) is 9.79 Å². The second-order valence-electron chi connectivity index (χ2n) is 6.74. The molecule has 1 aliphatic rings. The number of aliphatic imine (C=N–C) groups is 1. The Morgan fingerprint density at radius 2 is 1.75 bits per heavy atom. The van der Waals surface area contributed by atoms with Gasteiger partial charge in [0.2, 0.25) is 0 Å². The number of carbonyl (C=O) groups excluding carboxylic acids is 1. The Morgan fingerprint density at radius 1 is 1.25 bits per heavy atom. The van der Waals surface area contributed by atoms with Crippen LogP contribution >= 0.6 is 12.2 Å². The van der Waals surface area contributed by atoms with Crippen molar-refractivity contribution < 1.29 is 9.53 Å². The Kier molecular flexibility index (Phi) is 9.89. The van der Waals surface area contributed by atoms with E-state index >= 15 is 0 Å². The first-order valence-corrected chi connectivity index (χ1v) is 9.00. The molecule has 1 amide bonds. The normalized spacial score (nSPS) is 16.0. The summed E-state index contributed by atoms with van der Waals surface area (Å²) in [5.41, 5.74) is -0.467. The number of ether oxygens (including phenoxy) is 1. The number of hydrogen-bond acceptors (Lipinski definition) is 3. The van der Waals surface area contributed by atoms with Gasteiger partial charge in [0.15, 0.2) is 5.11 Å². The van der Waals surface area contributed by atoms with Crippen LogP contribution in [0.2, 0.25) is 0 Å². The third kappa shape index (κ3) is 9.05. The van der Waals surface area contributed by atoms with Gasteiger partial charge in [-0.15, -0.1) is 0 Å². The number of alkyl carbamates (subject to hydrolysis) is 1.